The van der Waals surface area contributed by atoms with E-state index in [0.29, 0.717) is 11.3 Å². The Morgan fingerprint density at radius 1 is 1.05 bits per heavy atom. The Labute approximate surface area is 123 Å². The van der Waals surface area contributed by atoms with Gasteiger partial charge in [0.25, 0.3) is 0 Å². The number of aliphatic carboxylic acids is 1. The van der Waals surface area contributed by atoms with E-state index in [9.17, 15) is 18.3 Å². The molecule has 0 saturated heterocycles. The number of anilines is 1. The minimum atomic E-state index is -3.26. The lowest BCUT2D eigenvalue weighted by Crippen LogP contribution is -2.20. The van der Waals surface area contributed by atoms with E-state index in [0.717, 1.165) is 6.26 Å². The van der Waals surface area contributed by atoms with Crippen LogP contribution in [0.15, 0.2) is 59.5 Å². The predicted molar refractivity (Wildman–Crippen MR) is 80.0 cm³/mol. The zero-order valence-electron chi connectivity index (χ0n) is 11.4. The molecule has 2 aromatic carbocycles. The second kappa shape index (κ2) is 5.97. The van der Waals surface area contributed by atoms with Gasteiger partial charge in [-0.15, -0.1) is 0 Å². The molecule has 0 aliphatic carbocycles. The molecule has 6 heteroatoms. The number of benzene rings is 2. The number of carbonyl (C=O) groups is 1. The predicted octanol–water partition coefficient (Wildman–Crippen LogP) is 2.33. The van der Waals surface area contributed by atoms with Gasteiger partial charge in [0.15, 0.2) is 15.9 Å². The molecule has 0 heterocycles. The van der Waals surface area contributed by atoms with Crippen LogP contribution in [-0.4, -0.2) is 25.7 Å². The average molecular weight is 305 g/mol. The third-order valence-corrected chi connectivity index (χ3v) is 4.10. The van der Waals surface area contributed by atoms with Crippen molar-refractivity contribution in [1.29, 1.82) is 0 Å². The van der Waals surface area contributed by atoms with Crippen molar-refractivity contribution in [3.63, 3.8) is 0 Å². The van der Waals surface area contributed by atoms with Gasteiger partial charge >= 0.3 is 5.97 Å². The average Bonchev–Trinajstić information content (AvgIpc) is 2.45. The summed E-state index contributed by atoms with van der Waals surface area (Å²) < 4.78 is 22.8. The third-order valence-electron chi connectivity index (χ3n) is 2.97. The number of nitrogens with one attached hydrogen (secondary N) is 1. The molecule has 0 radical (unpaired) electrons. The van der Waals surface area contributed by atoms with Gasteiger partial charge in [-0.25, -0.2) is 13.2 Å². The molecule has 0 aliphatic heterocycles. The van der Waals surface area contributed by atoms with Crippen LogP contribution in [-0.2, 0) is 14.6 Å². The zero-order chi connectivity index (χ0) is 15.5. The monoisotopic (exact) mass is 305 g/mol. The maximum atomic E-state index is 11.4. The summed E-state index contributed by atoms with van der Waals surface area (Å²) in [6.07, 6.45) is 1.12. The number of carboxylic acid groups (broad SMARTS) is 1. The highest BCUT2D eigenvalue weighted by Gasteiger charge is 2.19. The van der Waals surface area contributed by atoms with Crippen molar-refractivity contribution in [3.8, 4) is 0 Å². The lowest BCUT2D eigenvalue weighted by molar-refractivity contribution is -0.138. The number of hydrogen-bond acceptors (Lipinski definition) is 4. The van der Waals surface area contributed by atoms with E-state index in [1.807, 2.05) is 6.07 Å². The number of hydrogen-bond donors (Lipinski definition) is 2. The molecule has 0 aromatic heterocycles. The van der Waals surface area contributed by atoms with E-state index in [-0.39, 0.29) is 4.90 Å². The quantitative estimate of drug-likeness (QED) is 0.885. The fraction of sp³-hybridized carbons (Fsp3) is 0.133. The summed E-state index contributed by atoms with van der Waals surface area (Å²) >= 11 is 0. The Kier molecular flexibility index (Phi) is 4.28. The lowest BCUT2D eigenvalue weighted by Gasteiger charge is -2.16. The summed E-state index contributed by atoms with van der Waals surface area (Å²) in [7, 11) is -3.26. The van der Waals surface area contributed by atoms with Crippen molar-refractivity contribution >= 4 is 21.5 Å². The van der Waals surface area contributed by atoms with Crippen LogP contribution in [0.4, 0.5) is 5.69 Å². The molecular weight excluding hydrogens is 290 g/mol. The van der Waals surface area contributed by atoms with E-state index in [4.69, 9.17) is 0 Å². The summed E-state index contributed by atoms with van der Waals surface area (Å²) in [5, 5.41) is 12.2. The van der Waals surface area contributed by atoms with Crippen molar-refractivity contribution in [3.05, 3.63) is 60.2 Å². The molecule has 21 heavy (non-hydrogen) atoms. The van der Waals surface area contributed by atoms with Crippen LogP contribution >= 0.6 is 0 Å². The molecule has 1 atom stereocenters. The van der Waals surface area contributed by atoms with Crippen molar-refractivity contribution in [2.45, 2.75) is 10.9 Å². The van der Waals surface area contributed by atoms with Gasteiger partial charge in [-0.1, -0.05) is 30.3 Å². The highest BCUT2D eigenvalue weighted by Crippen LogP contribution is 2.21. The van der Waals surface area contributed by atoms with Crippen LogP contribution in [0.25, 0.3) is 0 Å². The maximum absolute atomic E-state index is 11.4. The fourth-order valence-electron chi connectivity index (χ4n) is 1.90. The van der Waals surface area contributed by atoms with Crippen molar-refractivity contribution in [2.75, 3.05) is 11.6 Å². The zero-order valence-corrected chi connectivity index (χ0v) is 12.2. The first kappa shape index (κ1) is 15.1. The summed E-state index contributed by atoms with van der Waals surface area (Å²) in [6.45, 7) is 0. The topological polar surface area (TPSA) is 83.5 Å². The summed E-state index contributed by atoms with van der Waals surface area (Å²) in [5.74, 6) is -1.01. The molecular formula is C15H15NO4S. The maximum Gasteiger partial charge on any atom is 0.330 e. The first-order chi connectivity index (χ1) is 9.88. The Morgan fingerprint density at radius 3 is 2.10 bits per heavy atom. The molecule has 0 aliphatic rings. The van der Waals surface area contributed by atoms with Gasteiger partial charge in [-0.05, 0) is 29.8 Å². The van der Waals surface area contributed by atoms with Crippen LogP contribution in [0.5, 0.6) is 0 Å². The molecule has 0 spiro atoms. The van der Waals surface area contributed by atoms with Crippen LogP contribution in [0.3, 0.4) is 0 Å². The SMILES string of the molecule is CS(=O)(=O)c1ccc(NC(C(=O)O)c2ccccc2)cc1. The van der Waals surface area contributed by atoms with Crippen LogP contribution in [0, 0.1) is 0 Å². The molecule has 1 unspecified atom stereocenters. The Morgan fingerprint density at radius 2 is 1.62 bits per heavy atom. The fourth-order valence-corrected chi connectivity index (χ4v) is 2.53. The van der Waals surface area contributed by atoms with Crippen molar-refractivity contribution in [1.82, 2.24) is 0 Å². The molecule has 2 N–H and O–H groups in total. The Hall–Kier alpha value is -2.34. The van der Waals surface area contributed by atoms with Gasteiger partial charge in [0.2, 0.25) is 0 Å². The lowest BCUT2D eigenvalue weighted by atomic mass is 10.1. The first-order valence-corrected chi connectivity index (χ1v) is 8.11. The van der Waals surface area contributed by atoms with Crippen molar-refractivity contribution in [2.24, 2.45) is 0 Å². The third kappa shape index (κ3) is 3.82. The normalized spacial score (nSPS) is 12.6. The van der Waals surface area contributed by atoms with E-state index in [1.165, 1.54) is 12.1 Å². The number of rotatable bonds is 5. The standard InChI is InChI=1S/C15H15NO4S/c1-21(19,20)13-9-7-12(8-10-13)16-14(15(17)18)11-5-3-2-4-6-11/h2-10,14,16H,1H3,(H,17,18). The molecule has 0 fully saturated rings. The van der Waals surface area contributed by atoms with Crippen LogP contribution in [0.2, 0.25) is 0 Å². The van der Waals surface area contributed by atoms with E-state index in [2.05, 4.69) is 5.32 Å². The second-order valence-electron chi connectivity index (χ2n) is 4.62. The van der Waals surface area contributed by atoms with Crippen molar-refractivity contribution < 1.29 is 18.3 Å². The van der Waals surface area contributed by atoms with Crippen LogP contribution in [0.1, 0.15) is 11.6 Å². The molecule has 0 saturated carbocycles. The second-order valence-corrected chi connectivity index (χ2v) is 6.64. The molecule has 0 bridgehead atoms. The van der Waals surface area contributed by atoms with Gasteiger partial charge < -0.3 is 10.4 Å². The summed E-state index contributed by atoms with van der Waals surface area (Å²) in [5.41, 5.74) is 1.16. The molecule has 5 nitrogen and oxygen atoms in total. The minimum Gasteiger partial charge on any atom is -0.479 e. The number of sulfone groups is 1. The molecule has 2 rings (SSSR count). The van der Waals surface area contributed by atoms with Gasteiger partial charge in [-0.3, -0.25) is 0 Å². The number of carboxylic acids is 1. The highest BCUT2D eigenvalue weighted by atomic mass is 32.2. The van der Waals surface area contributed by atoms with E-state index in [1.54, 1.807) is 36.4 Å². The van der Waals surface area contributed by atoms with Gasteiger partial charge in [0, 0.05) is 11.9 Å². The largest absolute Gasteiger partial charge is 0.479 e. The van der Waals surface area contributed by atoms with Gasteiger partial charge in [0.1, 0.15) is 0 Å². The summed E-state index contributed by atoms with van der Waals surface area (Å²) in [4.78, 5) is 11.6. The van der Waals surface area contributed by atoms with E-state index >= 15 is 0 Å². The molecule has 2 aromatic rings. The van der Waals surface area contributed by atoms with Gasteiger partial charge in [-0.2, -0.15) is 0 Å². The van der Waals surface area contributed by atoms with E-state index < -0.39 is 21.8 Å². The summed E-state index contributed by atoms with van der Waals surface area (Å²) in [6, 6.07) is 13.9. The minimum absolute atomic E-state index is 0.194. The Balaban J connectivity index is 2.24. The molecule has 0 amide bonds. The molecule has 110 valence electrons. The van der Waals surface area contributed by atoms with Gasteiger partial charge in [0.05, 0.1) is 4.90 Å². The van der Waals surface area contributed by atoms with Crippen LogP contribution < -0.4 is 5.32 Å². The smallest absolute Gasteiger partial charge is 0.330 e. The highest BCUT2D eigenvalue weighted by molar-refractivity contribution is 7.90. The first-order valence-electron chi connectivity index (χ1n) is 6.22. The Bertz CT molecular complexity index is 724.